The van der Waals surface area contributed by atoms with E-state index in [2.05, 4.69) is 4.98 Å². The predicted octanol–water partition coefficient (Wildman–Crippen LogP) is 4.90. The molecule has 1 aromatic heterocycles. The van der Waals surface area contributed by atoms with Crippen LogP contribution < -0.4 is 4.74 Å². The molecule has 0 aliphatic carbocycles. The molecule has 0 saturated carbocycles. The number of nitrogens with zero attached hydrogens (tertiary/aromatic N) is 3. The molecule has 1 heterocycles. The van der Waals surface area contributed by atoms with Crippen molar-refractivity contribution < 1.29 is 14.1 Å². The highest BCUT2D eigenvalue weighted by Gasteiger charge is 2.19. The molecule has 0 saturated heterocycles. The van der Waals surface area contributed by atoms with E-state index in [0.29, 0.717) is 16.8 Å². The molecule has 8 heteroatoms. The number of ether oxygens (including phenoxy) is 1. The quantitative estimate of drug-likeness (QED) is 0.461. The summed E-state index contributed by atoms with van der Waals surface area (Å²) in [4.78, 5) is 14.9. The number of nitriles is 1. The molecule has 0 aliphatic rings. The second-order valence-corrected chi connectivity index (χ2v) is 5.89. The van der Waals surface area contributed by atoms with Gasteiger partial charge in [-0.1, -0.05) is 23.7 Å². The maximum Gasteiger partial charge on any atom is 0.310 e. The van der Waals surface area contributed by atoms with Crippen molar-refractivity contribution in [2.75, 3.05) is 0 Å². The van der Waals surface area contributed by atoms with E-state index in [9.17, 15) is 19.8 Å². The second-order valence-electron chi connectivity index (χ2n) is 5.48. The molecule has 6 nitrogen and oxygen atoms in total. The van der Waals surface area contributed by atoms with Crippen molar-refractivity contribution >= 4 is 17.3 Å². The van der Waals surface area contributed by atoms with E-state index in [1.54, 1.807) is 0 Å². The zero-order valence-electron chi connectivity index (χ0n) is 13.7. The SMILES string of the molecule is N#Cc1c(Cl)ccnc1-c1ccc([N+](=O)[O-])c(OCc2ccc(F)cc2)c1. The molecule has 0 spiro atoms. The zero-order chi connectivity index (χ0) is 19.4. The fourth-order valence-electron chi connectivity index (χ4n) is 2.43. The Kier molecular flexibility index (Phi) is 5.29. The van der Waals surface area contributed by atoms with E-state index in [1.165, 1.54) is 54.7 Å². The van der Waals surface area contributed by atoms with Crippen LogP contribution in [0, 0.1) is 27.3 Å². The van der Waals surface area contributed by atoms with Crippen LogP contribution in [-0.4, -0.2) is 9.91 Å². The molecule has 0 aliphatic heterocycles. The first-order valence-corrected chi connectivity index (χ1v) is 8.08. The lowest BCUT2D eigenvalue weighted by Crippen LogP contribution is -2.00. The Bertz CT molecular complexity index is 1050. The highest BCUT2D eigenvalue weighted by atomic mass is 35.5. The summed E-state index contributed by atoms with van der Waals surface area (Å²) in [6.45, 7) is 0.0126. The molecule has 3 rings (SSSR count). The third-order valence-electron chi connectivity index (χ3n) is 3.75. The summed E-state index contributed by atoms with van der Waals surface area (Å²) in [6.07, 6.45) is 1.44. The summed E-state index contributed by atoms with van der Waals surface area (Å²) in [6, 6.07) is 13.3. The number of hydrogen-bond donors (Lipinski definition) is 0. The second kappa shape index (κ2) is 7.81. The van der Waals surface area contributed by atoms with Crippen LogP contribution in [0.4, 0.5) is 10.1 Å². The number of rotatable bonds is 5. The third-order valence-corrected chi connectivity index (χ3v) is 4.06. The van der Waals surface area contributed by atoms with Gasteiger partial charge < -0.3 is 4.74 Å². The first kappa shape index (κ1) is 18.3. The van der Waals surface area contributed by atoms with Crippen LogP contribution in [0.5, 0.6) is 5.75 Å². The summed E-state index contributed by atoms with van der Waals surface area (Å²) >= 11 is 6.02. The van der Waals surface area contributed by atoms with Crippen LogP contribution in [0.1, 0.15) is 11.1 Å². The van der Waals surface area contributed by atoms with Gasteiger partial charge in [0, 0.05) is 17.8 Å². The molecule has 27 heavy (non-hydrogen) atoms. The van der Waals surface area contributed by atoms with Crippen molar-refractivity contribution in [2.45, 2.75) is 6.61 Å². The number of benzene rings is 2. The Morgan fingerprint density at radius 1 is 1.22 bits per heavy atom. The molecule has 3 aromatic rings. The molecule has 2 aromatic carbocycles. The van der Waals surface area contributed by atoms with Crippen molar-refractivity contribution in [3.8, 4) is 23.1 Å². The Labute approximate surface area is 158 Å². The van der Waals surface area contributed by atoms with Gasteiger partial charge in [0.05, 0.1) is 21.2 Å². The molecule has 0 amide bonds. The van der Waals surface area contributed by atoms with Crippen molar-refractivity contribution in [1.82, 2.24) is 4.98 Å². The number of pyridine rings is 1. The highest BCUT2D eigenvalue weighted by molar-refractivity contribution is 6.32. The van der Waals surface area contributed by atoms with Crippen LogP contribution in [0.2, 0.25) is 5.02 Å². The molecule has 0 fully saturated rings. The number of nitro groups is 1. The maximum atomic E-state index is 13.0. The summed E-state index contributed by atoms with van der Waals surface area (Å²) in [5, 5.41) is 20.8. The van der Waals surface area contributed by atoms with Crippen LogP contribution in [0.3, 0.4) is 0 Å². The predicted molar refractivity (Wildman–Crippen MR) is 96.8 cm³/mol. The molecule has 0 atom stereocenters. The third kappa shape index (κ3) is 4.02. The topological polar surface area (TPSA) is 89.0 Å². The average Bonchev–Trinajstić information content (AvgIpc) is 2.67. The van der Waals surface area contributed by atoms with E-state index >= 15 is 0 Å². The van der Waals surface area contributed by atoms with Gasteiger partial charge >= 0.3 is 5.69 Å². The lowest BCUT2D eigenvalue weighted by atomic mass is 10.1. The Hall–Kier alpha value is -3.50. The largest absolute Gasteiger partial charge is 0.482 e. The summed E-state index contributed by atoms with van der Waals surface area (Å²) in [5.41, 5.74) is 1.33. The maximum absolute atomic E-state index is 13.0. The van der Waals surface area contributed by atoms with E-state index in [0.717, 1.165) is 0 Å². The first-order chi connectivity index (χ1) is 13.0. The summed E-state index contributed by atoms with van der Waals surface area (Å²) < 4.78 is 18.6. The molecular formula is C19H11ClFN3O3. The lowest BCUT2D eigenvalue weighted by molar-refractivity contribution is -0.385. The van der Waals surface area contributed by atoms with E-state index in [-0.39, 0.29) is 34.4 Å². The summed E-state index contributed by atoms with van der Waals surface area (Å²) in [5.74, 6) is -0.379. The number of hydrogen-bond acceptors (Lipinski definition) is 5. The Balaban J connectivity index is 1.98. The van der Waals surface area contributed by atoms with Crippen LogP contribution in [0.25, 0.3) is 11.3 Å². The fraction of sp³-hybridized carbons (Fsp3) is 0.0526. The van der Waals surface area contributed by atoms with Crippen LogP contribution >= 0.6 is 11.6 Å². The minimum absolute atomic E-state index is 0.00694. The van der Waals surface area contributed by atoms with Gasteiger partial charge in [-0.3, -0.25) is 15.1 Å². The van der Waals surface area contributed by atoms with Gasteiger partial charge in [0.2, 0.25) is 0 Å². The molecule has 0 unspecified atom stereocenters. The molecule has 0 radical (unpaired) electrons. The first-order valence-electron chi connectivity index (χ1n) is 7.70. The Morgan fingerprint density at radius 2 is 1.96 bits per heavy atom. The van der Waals surface area contributed by atoms with Gasteiger partial charge in [0.15, 0.2) is 5.75 Å². The van der Waals surface area contributed by atoms with E-state index in [4.69, 9.17) is 16.3 Å². The highest BCUT2D eigenvalue weighted by Crippen LogP contribution is 2.34. The summed E-state index contributed by atoms with van der Waals surface area (Å²) in [7, 11) is 0. The normalized spacial score (nSPS) is 10.3. The molecular weight excluding hydrogens is 373 g/mol. The molecule has 134 valence electrons. The lowest BCUT2D eigenvalue weighted by Gasteiger charge is -2.10. The Morgan fingerprint density at radius 3 is 2.63 bits per heavy atom. The molecule has 0 bridgehead atoms. The minimum atomic E-state index is -0.569. The number of aromatic nitrogens is 1. The number of halogens is 2. The monoisotopic (exact) mass is 383 g/mol. The van der Waals surface area contributed by atoms with Crippen molar-refractivity contribution in [3.63, 3.8) is 0 Å². The van der Waals surface area contributed by atoms with Gasteiger partial charge in [0.25, 0.3) is 0 Å². The van der Waals surface area contributed by atoms with Gasteiger partial charge in [-0.15, -0.1) is 0 Å². The standard InChI is InChI=1S/C19H11ClFN3O3/c20-16-7-8-23-19(15(16)10-22)13-3-6-17(24(25)26)18(9-13)27-11-12-1-4-14(21)5-2-12/h1-9H,11H2. The average molecular weight is 384 g/mol. The van der Waals surface area contributed by atoms with Crippen molar-refractivity contribution in [3.05, 3.63) is 86.8 Å². The van der Waals surface area contributed by atoms with E-state index < -0.39 is 4.92 Å². The smallest absolute Gasteiger partial charge is 0.310 e. The van der Waals surface area contributed by atoms with Gasteiger partial charge in [-0.05, 0) is 35.9 Å². The number of nitro benzene ring substituents is 1. The minimum Gasteiger partial charge on any atom is -0.482 e. The van der Waals surface area contributed by atoms with Gasteiger partial charge in [-0.25, -0.2) is 4.39 Å². The van der Waals surface area contributed by atoms with E-state index in [1.807, 2.05) is 6.07 Å². The molecule has 0 N–H and O–H groups in total. The zero-order valence-corrected chi connectivity index (χ0v) is 14.5. The van der Waals surface area contributed by atoms with Crippen LogP contribution in [0.15, 0.2) is 54.7 Å². The van der Waals surface area contributed by atoms with Gasteiger partial charge in [0.1, 0.15) is 18.5 Å². The fourth-order valence-corrected chi connectivity index (χ4v) is 2.62. The van der Waals surface area contributed by atoms with Crippen LogP contribution in [-0.2, 0) is 6.61 Å². The van der Waals surface area contributed by atoms with Crippen molar-refractivity contribution in [2.24, 2.45) is 0 Å². The van der Waals surface area contributed by atoms with Crippen molar-refractivity contribution in [1.29, 1.82) is 5.26 Å². The van der Waals surface area contributed by atoms with Gasteiger partial charge in [-0.2, -0.15) is 5.26 Å².